The SMILES string of the molecule is CCC/C=C/N=C(Nc1cc(C)c(OC2=CC3=C(C)C(C)C=NN3C=C2)cc1F)c1nc(N(CCCC)CC(C)CC)c(C)cc1C. The van der Waals surface area contributed by atoms with Gasteiger partial charge in [-0.05, 0) is 80.9 Å². The van der Waals surface area contributed by atoms with Gasteiger partial charge in [-0.3, -0.25) is 0 Å². The Morgan fingerprint density at radius 1 is 1.11 bits per heavy atom. The predicted octanol–water partition coefficient (Wildman–Crippen LogP) is 9.97. The lowest BCUT2D eigenvalue weighted by atomic mass is 9.99. The number of unbranched alkanes of at least 4 members (excludes halogenated alkanes) is 2. The first kappa shape index (κ1) is 35.7. The third-order valence-corrected chi connectivity index (χ3v) is 8.83. The molecule has 8 heteroatoms. The molecule has 1 aromatic heterocycles. The first-order valence-electron chi connectivity index (χ1n) is 17.2. The number of hydrogen-bond donors (Lipinski definition) is 1. The molecule has 0 amide bonds. The topological polar surface area (TPSA) is 65.4 Å². The molecular weight excluding hydrogens is 587 g/mol. The van der Waals surface area contributed by atoms with Gasteiger partial charge in [-0.1, -0.05) is 66.0 Å². The van der Waals surface area contributed by atoms with E-state index in [1.54, 1.807) is 12.3 Å². The molecule has 0 bridgehead atoms. The van der Waals surface area contributed by atoms with Gasteiger partial charge in [-0.2, -0.15) is 5.10 Å². The fourth-order valence-corrected chi connectivity index (χ4v) is 5.53. The lowest BCUT2D eigenvalue weighted by molar-refractivity contribution is 0.412. The second kappa shape index (κ2) is 16.6. The van der Waals surface area contributed by atoms with Crippen LogP contribution >= 0.6 is 0 Å². The van der Waals surface area contributed by atoms with Gasteiger partial charge in [-0.25, -0.2) is 19.4 Å². The molecule has 0 radical (unpaired) electrons. The van der Waals surface area contributed by atoms with Crippen LogP contribution in [0.3, 0.4) is 0 Å². The first-order valence-corrected chi connectivity index (χ1v) is 17.2. The van der Waals surface area contributed by atoms with Crippen LogP contribution in [0.2, 0.25) is 0 Å². The number of pyridine rings is 1. The summed E-state index contributed by atoms with van der Waals surface area (Å²) in [7, 11) is 0. The van der Waals surface area contributed by atoms with Gasteiger partial charge in [0, 0.05) is 49.8 Å². The molecule has 0 saturated carbocycles. The number of hydrazone groups is 1. The molecule has 252 valence electrons. The zero-order valence-electron chi connectivity index (χ0n) is 29.8. The van der Waals surface area contributed by atoms with E-state index in [-0.39, 0.29) is 5.92 Å². The first-order chi connectivity index (χ1) is 22.6. The van der Waals surface area contributed by atoms with E-state index in [2.05, 4.69) is 69.9 Å². The summed E-state index contributed by atoms with van der Waals surface area (Å²) in [6.45, 7) is 21.0. The molecule has 1 aromatic carbocycles. The smallest absolute Gasteiger partial charge is 0.156 e. The van der Waals surface area contributed by atoms with Crippen LogP contribution in [-0.4, -0.2) is 35.1 Å². The number of aryl methyl sites for hydroxylation is 3. The fraction of sp³-hybridized carbons (Fsp3) is 0.462. The highest BCUT2D eigenvalue weighted by Crippen LogP contribution is 2.32. The van der Waals surface area contributed by atoms with Crippen LogP contribution in [-0.2, 0) is 0 Å². The molecule has 3 heterocycles. The van der Waals surface area contributed by atoms with E-state index in [0.717, 1.165) is 73.4 Å². The second-order valence-corrected chi connectivity index (χ2v) is 12.9. The zero-order valence-corrected chi connectivity index (χ0v) is 29.8. The van der Waals surface area contributed by atoms with Crippen molar-refractivity contribution < 1.29 is 9.13 Å². The lowest BCUT2D eigenvalue weighted by Crippen LogP contribution is -2.32. The maximum Gasteiger partial charge on any atom is 0.156 e. The van der Waals surface area contributed by atoms with Crippen molar-refractivity contribution in [3.8, 4) is 5.75 Å². The summed E-state index contributed by atoms with van der Waals surface area (Å²) in [6, 6.07) is 5.38. The van der Waals surface area contributed by atoms with Gasteiger partial charge in [0.05, 0.1) is 11.4 Å². The molecule has 0 fully saturated rings. The number of aromatic nitrogens is 1. The van der Waals surface area contributed by atoms with Crippen molar-refractivity contribution >= 4 is 23.6 Å². The van der Waals surface area contributed by atoms with Gasteiger partial charge in [0.2, 0.25) is 0 Å². The summed E-state index contributed by atoms with van der Waals surface area (Å²) in [5.74, 6) is 2.89. The number of amidine groups is 1. The maximum absolute atomic E-state index is 15.9. The van der Waals surface area contributed by atoms with Crippen molar-refractivity contribution in [2.45, 2.75) is 94.4 Å². The van der Waals surface area contributed by atoms with E-state index in [1.165, 1.54) is 11.6 Å². The number of anilines is 2. The van der Waals surface area contributed by atoms with E-state index in [4.69, 9.17) is 14.7 Å². The second-order valence-electron chi connectivity index (χ2n) is 12.9. The third-order valence-electron chi connectivity index (χ3n) is 8.83. The van der Waals surface area contributed by atoms with Crippen LogP contribution < -0.4 is 15.0 Å². The molecule has 0 aliphatic carbocycles. The van der Waals surface area contributed by atoms with Gasteiger partial charge in [0.25, 0.3) is 0 Å². The molecule has 0 spiro atoms. The highest BCUT2D eigenvalue weighted by atomic mass is 19.1. The number of rotatable bonds is 14. The number of ether oxygens (including phenoxy) is 1. The maximum atomic E-state index is 15.9. The molecule has 2 atom stereocenters. The Hall–Kier alpha value is -4.20. The van der Waals surface area contributed by atoms with E-state index in [9.17, 15) is 0 Å². The van der Waals surface area contributed by atoms with Crippen LogP contribution in [0, 0.1) is 38.4 Å². The van der Waals surface area contributed by atoms with Crippen molar-refractivity contribution in [1.29, 1.82) is 0 Å². The minimum Gasteiger partial charge on any atom is -0.457 e. The van der Waals surface area contributed by atoms with Gasteiger partial charge >= 0.3 is 0 Å². The highest BCUT2D eigenvalue weighted by molar-refractivity contribution is 6.08. The Morgan fingerprint density at radius 3 is 2.62 bits per heavy atom. The summed E-state index contributed by atoms with van der Waals surface area (Å²) in [6.07, 6.45) is 16.6. The van der Waals surface area contributed by atoms with Gasteiger partial charge in [0.1, 0.15) is 28.8 Å². The summed E-state index contributed by atoms with van der Waals surface area (Å²) >= 11 is 0. The molecule has 4 rings (SSSR count). The zero-order chi connectivity index (χ0) is 34.1. The standard InChI is InChI=1S/C39H53FN6O/c1-10-13-15-17-41-38(37-28(6)20-29(7)39(44-37)45(18-14-11-2)25-26(4)12-3)43-34-21-27(5)36(23-33(34)40)47-32-16-19-46-35(22-32)31(9)30(8)24-42-46/h15-17,19-24,26,30H,10-14,18,25H2,1-9H3,(H,41,43)/b17-15+. The van der Waals surface area contributed by atoms with Crippen LogP contribution in [0.4, 0.5) is 15.9 Å². The summed E-state index contributed by atoms with van der Waals surface area (Å²) in [5.41, 5.74) is 6.10. The van der Waals surface area contributed by atoms with E-state index in [1.807, 2.05) is 49.5 Å². The van der Waals surface area contributed by atoms with Crippen molar-refractivity contribution in [2.24, 2.45) is 21.9 Å². The minimum atomic E-state index is -0.435. The molecule has 2 aromatic rings. The monoisotopic (exact) mass is 640 g/mol. The Balaban J connectivity index is 1.67. The van der Waals surface area contributed by atoms with Crippen molar-refractivity contribution in [3.05, 3.63) is 94.1 Å². The van der Waals surface area contributed by atoms with Crippen molar-refractivity contribution in [2.75, 3.05) is 23.3 Å². The third kappa shape index (κ3) is 8.99. The molecule has 2 aliphatic heterocycles. The van der Waals surface area contributed by atoms with Gasteiger partial charge < -0.3 is 15.0 Å². The summed E-state index contributed by atoms with van der Waals surface area (Å²) < 4.78 is 22.1. The number of fused-ring (bicyclic) bond motifs is 1. The average Bonchev–Trinajstić information content (AvgIpc) is 3.05. The van der Waals surface area contributed by atoms with Crippen LogP contribution in [0.1, 0.15) is 96.0 Å². The van der Waals surface area contributed by atoms with Gasteiger partial charge in [0.15, 0.2) is 5.84 Å². The largest absolute Gasteiger partial charge is 0.457 e. The Kier molecular flexibility index (Phi) is 12.6. The lowest BCUT2D eigenvalue weighted by Gasteiger charge is -2.29. The molecule has 2 unspecified atom stereocenters. The number of aliphatic imine (C=N–C) groups is 1. The quantitative estimate of drug-likeness (QED) is 0.164. The normalized spacial score (nSPS) is 16.9. The van der Waals surface area contributed by atoms with E-state index < -0.39 is 5.82 Å². The molecule has 0 saturated heterocycles. The van der Waals surface area contributed by atoms with Crippen molar-refractivity contribution in [1.82, 2.24) is 9.99 Å². The number of nitrogens with zero attached hydrogens (tertiary/aromatic N) is 5. The molecule has 1 N–H and O–H groups in total. The predicted molar refractivity (Wildman–Crippen MR) is 196 cm³/mol. The van der Waals surface area contributed by atoms with E-state index >= 15 is 4.39 Å². The number of halogens is 1. The van der Waals surface area contributed by atoms with Crippen LogP contribution in [0.5, 0.6) is 5.75 Å². The Bertz CT molecular complexity index is 1600. The van der Waals surface area contributed by atoms with Gasteiger partial charge in [-0.15, -0.1) is 0 Å². The Labute approximate surface area is 281 Å². The average molecular weight is 641 g/mol. The van der Waals surface area contributed by atoms with E-state index in [0.29, 0.717) is 34.6 Å². The molecule has 47 heavy (non-hydrogen) atoms. The molecule has 2 aliphatic rings. The number of allylic oxidation sites excluding steroid dienone is 4. The summed E-state index contributed by atoms with van der Waals surface area (Å²) in [4.78, 5) is 12.4. The fourth-order valence-electron chi connectivity index (χ4n) is 5.53. The van der Waals surface area contributed by atoms with Crippen LogP contribution in [0.15, 0.2) is 76.0 Å². The van der Waals surface area contributed by atoms with Crippen molar-refractivity contribution in [3.63, 3.8) is 0 Å². The summed E-state index contributed by atoms with van der Waals surface area (Å²) in [5, 5.41) is 9.62. The number of hydrogen-bond acceptors (Lipinski definition) is 6. The number of benzene rings is 1. The Morgan fingerprint density at radius 2 is 1.89 bits per heavy atom. The minimum absolute atomic E-state index is 0.240. The highest BCUT2D eigenvalue weighted by Gasteiger charge is 2.22. The molecule has 7 nitrogen and oxygen atoms in total. The van der Waals surface area contributed by atoms with Crippen LogP contribution in [0.25, 0.3) is 0 Å². The molecular formula is C39H53FN6O. The number of nitrogens with one attached hydrogen (secondary N) is 1.